The molecule has 6 nitrogen and oxygen atoms in total. The van der Waals surface area contributed by atoms with Gasteiger partial charge in [0.15, 0.2) is 0 Å². The van der Waals surface area contributed by atoms with Crippen LogP contribution in [0.2, 0.25) is 0 Å². The van der Waals surface area contributed by atoms with E-state index in [2.05, 4.69) is 6.07 Å². The van der Waals surface area contributed by atoms with E-state index in [0.717, 1.165) is 11.3 Å². The zero-order chi connectivity index (χ0) is 17.9. The van der Waals surface area contributed by atoms with Crippen molar-refractivity contribution >= 4 is 21.4 Å². The van der Waals surface area contributed by atoms with Crippen LogP contribution in [0.25, 0.3) is 0 Å². The van der Waals surface area contributed by atoms with Crippen LogP contribution in [-0.4, -0.2) is 50.9 Å². The molecule has 1 saturated heterocycles. The Morgan fingerprint density at radius 3 is 2.36 bits per heavy atom. The molecule has 1 unspecified atom stereocenters. The molecule has 0 radical (unpaired) electrons. The number of nitrogens with zero attached hydrogens (tertiary/aromatic N) is 3. The molecule has 0 aliphatic carbocycles. The van der Waals surface area contributed by atoms with Crippen molar-refractivity contribution in [2.45, 2.75) is 10.3 Å². The Hall–Kier alpha value is -1.92. The van der Waals surface area contributed by atoms with Crippen molar-refractivity contribution in [1.82, 2.24) is 9.21 Å². The summed E-state index contributed by atoms with van der Waals surface area (Å²) in [7, 11) is -1.82. The van der Waals surface area contributed by atoms with E-state index in [0.29, 0.717) is 30.4 Å². The van der Waals surface area contributed by atoms with Gasteiger partial charge in [0.2, 0.25) is 0 Å². The topological polar surface area (TPSA) is 73.6 Å². The van der Waals surface area contributed by atoms with Crippen LogP contribution in [0.5, 0.6) is 5.75 Å². The van der Waals surface area contributed by atoms with Gasteiger partial charge in [-0.15, -0.1) is 11.3 Å². The molecule has 1 aliphatic heterocycles. The highest BCUT2D eigenvalue weighted by Crippen LogP contribution is 2.26. The standard InChI is InChI=1S/C17H19N3O3S2/c1-23-15-6-4-14(5-7-15)16(13-18)19-8-10-20(11-9-19)25(21,22)17-3-2-12-24-17/h2-7,12,16H,8-11H2,1H3. The quantitative estimate of drug-likeness (QED) is 0.800. The molecule has 1 atom stereocenters. The van der Waals surface area contributed by atoms with E-state index in [4.69, 9.17) is 4.74 Å². The van der Waals surface area contributed by atoms with Crippen LogP contribution in [0, 0.1) is 11.3 Å². The smallest absolute Gasteiger partial charge is 0.252 e. The van der Waals surface area contributed by atoms with E-state index in [-0.39, 0.29) is 0 Å². The number of sulfonamides is 1. The predicted molar refractivity (Wildman–Crippen MR) is 96.0 cm³/mol. The first-order valence-electron chi connectivity index (χ1n) is 7.87. The summed E-state index contributed by atoms with van der Waals surface area (Å²) in [4.78, 5) is 2.02. The van der Waals surface area contributed by atoms with Crippen molar-refractivity contribution in [1.29, 1.82) is 5.26 Å². The summed E-state index contributed by atoms with van der Waals surface area (Å²) in [5.41, 5.74) is 0.887. The minimum absolute atomic E-state index is 0.368. The Morgan fingerprint density at radius 2 is 1.84 bits per heavy atom. The maximum atomic E-state index is 12.6. The number of methoxy groups -OCH3 is 1. The Morgan fingerprint density at radius 1 is 1.16 bits per heavy atom. The Labute approximate surface area is 151 Å². The lowest BCUT2D eigenvalue weighted by Crippen LogP contribution is -2.49. The van der Waals surface area contributed by atoms with E-state index in [1.54, 1.807) is 24.6 Å². The van der Waals surface area contributed by atoms with Gasteiger partial charge in [-0.3, -0.25) is 4.90 Å². The highest BCUT2D eigenvalue weighted by atomic mass is 32.2. The molecular weight excluding hydrogens is 358 g/mol. The zero-order valence-electron chi connectivity index (χ0n) is 13.8. The maximum Gasteiger partial charge on any atom is 0.252 e. The number of nitriles is 1. The van der Waals surface area contributed by atoms with Crippen LogP contribution in [-0.2, 0) is 10.0 Å². The maximum absolute atomic E-state index is 12.6. The zero-order valence-corrected chi connectivity index (χ0v) is 15.5. The number of ether oxygens (including phenoxy) is 1. The summed E-state index contributed by atoms with van der Waals surface area (Å²) in [6.07, 6.45) is 0. The van der Waals surface area contributed by atoms with Gasteiger partial charge < -0.3 is 4.74 Å². The van der Waals surface area contributed by atoms with Gasteiger partial charge in [-0.1, -0.05) is 18.2 Å². The number of hydrogen-bond acceptors (Lipinski definition) is 6. The first-order chi connectivity index (χ1) is 12.1. The molecule has 0 bridgehead atoms. The van der Waals surface area contributed by atoms with Crippen molar-refractivity contribution in [3.63, 3.8) is 0 Å². The lowest BCUT2D eigenvalue weighted by Gasteiger charge is -2.36. The van der Waals surface area contributed by atoms with Gasteiger partial charge in [0.05, 0.1) is 13.2 Å². The summed E-state index contributed by atoms with van der Waals surface area (Å²) in [6, 6.07) is 12.7. The molecule has 1 aromatic heterocycles. The minimum atomic E-state index is -3.42. The number of benzene rings is 1. The highest BCUT2D eigenvalue weighted by Gasteiger charge is 2.32. The molecule has 1 aliphatic rings. The lowest BCUT2D eigenvalue weighted by molar-refractivity contribution is 0.162. The van der Waals surface area contributed by atoms with Crippen molar-refractivity contribution in [2.75, 3.05) is 33.3 Å². The normalized spacial score (nSPS) is 17.8. The molecule has 2 aromatic rings. The highest BCUT2D eigenvalue weighted by molar-refractivity contribution is 7.91. The third-order valence-electron chi connectivity index (χ3n) is 4.28. The fourth-order valence-corrected chi connectivity index (χ4v) is 5.46. The molecule has 8 heteroatoms. The lowest BCUT2D eigenvalue weighted by atomic mass is 10.1. The van der Waals surface area contributed by atoms with Crippen LogP contribution in [0.4, 0.5) is 0 Å². The SMILES string of the molecule is COc1ccc(C(C#N)N2CCN(S(=O)(=O)c3cccs3)CC2)cc1. The number of piperazine rings is 1. The van der Waals surface area contributed by atoms with E-state index in [1.165, 1.54) is 15.6 Å². The van der Waals surface area contributed by atoms with Crippen LogP contribution in [0.3, 0.4) is 0 Å². The summed E-state index contributed by atoms with van der Waals surface area (Å²) in [6.45, 7) is 1.81. The number of thiophene rings is 1. The Bertz CT molecular complexity index is 834. The molecule has 0 amide bonds. The minimum Gasteiger partial charge on any atom is -0.497 e. The molecular formula is C17H19N3O3S2. The average molecular weight is 377 g/mol. The molecule has 132 valence electrons. The Kier molecular flexibility index (Phi) is 5.39. The third kappa shape index (κ3) is 3.70. The van der Waals surface area contributed by atoms with Gasteiger partial charge in [0, 0.05) is 26.2 Å². The fourth-order valence-electron chi connectivity index (χ4n) is 2.89. The van der Waals surface area contributed by atoms with Crippen LogP contribution in [0.1, 0.15) is 11.6 Å². The van der Waals surface area contributed by atoms with Crippen LogP contribution < -0.4 is 4.74 Å². The summed E-state index contributed by atoms with van der Waals surface area (Å²) >= 11 is 1.23. The molecule has 1 fully saturated rings. The summed E-state index contributed by atoms with van der Waals surface area (Å²) < 4.78 is 32.2. The summed E-state index contributed by atoms with van der Waals surface area (Å²) in [5.74, 6) is 0.743. The van der Waals surface area contributed by atoms with Gasteiger partial charge in [-0.25, -0.2) is 8.42 Å². The van der Waals surface area contributed by atoms with Crippen LogP contribution >= 0.6 is 11.3 Å². The van der Waals surface area contributed by atoms with E-state index < -0.39 is 16.1 Å². The second-order valence-electron chi connectivity index (χ2n) is 5.68. The van der Waals surface area contributed by atoms with Gasteiger partial charge in [0.25, 0.3) is 10.0 Å². The molecule has 1 aromatic carbocycles. The van der Waals surface area contributed by atoms with E-state index in [1.807, 2.05) is 29.2 Å². The van der Waals surface area contributed by atoms with Gasteiger partial charge in [-0.05, 0) is 29.1 Å². The first-order valence-corrected chi connectivity index (χ1v) is 10.2. The van der Waals surface area contributed by atoms with E-state index >= 15 is 0 Å². The van der Waals surface area contributed by atoms with Gasteiger partial charge in [0.1, 0.15) is 16.0 Å². The average Bonchev–Trinajstić information content (AvgIpc) is 3.19. The molecule has 0 spiro atoms. The van der Waals surface area contributed by atoms with Crippen LogP contribution in [0.15, 0.2) is 46.0 Å². The van der Waals surface area contributed by atoms with Gasteiger partial charge in [-0.2, -0.15) is 9.57 Å². The van der Waals surface area contributed by atoms with Crippen molar-refractivity contribution < 1.29 is 13.2 Å². The predicted octanol–water partition coefficient (Wildman–Crippen LogP) is 2.33. The Balaban J connectivity index is 1.69. The second-order valence-corrected chi connectivity index (χ2v) is 8.79. The second kappa shape index (κ2) is 7.54. The van der Waals surface area contributed by atoms with Crippen molar-refractivity contribution in [3.05, 3.63) is 47.3 Å². The summed E-state index contributed by atoms with van der Waals surface area (Å²) in [5, 5.41) is 11.3. The van der Waals surface area contributed by atoms with Crippen molar-refractivity contribution in [3.8, 4) is 11.8 Å². The largest absolute Gasteiger partial charge is 0.497 e. The molecule has 2 heterocycles. The number of hydrogen-bond donors (Lipinski definition) is 0. The molecule has 25 heavy (non-hydrogen) atoms. The van der Waals surface area contributed by atoms with Gasteiger partial charge >= 0.3 is 0 Å². The fraction of sp³-hybridized carbons (Fsp3) is 0.353. The molecule has 0 saturated carbocycles. The van der Waals surface area contributed by atoms with Crippen molar-refractivity contribution in [2.24, 2.45) is 0 Å². The molecule has 3 rings (SSSR count). The monoisotopic (exact) mass is 377 g/mol. The third-order valence-corrected chi connectivity index (χ3v) is 7.55. The van der Waals surface area contributed by atoms with E-state index in [9.17, 15) is 13.7 Å². The molecule has 0 N–H and O–H groups in total. The number of rotatable bonds is 5. The first kappa shape index (κ1) is 17.9.